The number of carbonyl (C=O) groups is 1. The van der Waals surface area contributed by atoms with Gasteiger partial charge in [0.25, 0.3) is 0 Å². The SMILES string of the molecule is CCCCC(N)C(=O)N[C@H](C)c1cccnc1. The van der Waals surface area contributed by atoms with Gasteiger partial charge in [0.05, 0.1) is 12.1 Å². The van der Waals surface area contributed by atoms with Crippen LogP contribution in [-0.4, -0.2) is 16.9 Å². The van der Waals surface area contributed by atoms with Crippen molar-refractivity contribution < 1.29 is 4.79 Å². The van der Waals surface area contributed by atoms with Crippen LogP contribution in [0, 0.1) is 0 Å². The van der Waals surface area contributed by atoms with Crippen LogP contribution in [-0.2, 0) is 4.79 Å². The van der Waals surface area contributed by atoms with Crippen molar-refractivity contribution >= 4 is 5.91 Å². The summed E-state index contributed by atoms with van der Waals surface area (Å²) in [6, 6.07) is 3.34. The number of unbranched alkanes of at least 4 members (excludes halogenated alkanes) is 1. The van der Waals surface area contributed by atoms with E-state index in [9.17, 15) is 4.79 Å². The van der Waals surface area contributed by atoms with Gasteiger partial charge in [-0.25, -0.2) is 0 Å². The van der Waals surface area contributed by atoms with Crippen molar-refractivity contribution in [2.24, 2.45) is 5.73 Å². The second kappa shape index (κ2) is 7.01. The Morgan fingerprint density at radius 2 is 2.35 bits per heavy atom. The summed E-state index contributed by atoms with van der Waals surface area (Å²) >= 11 is 0. The van der Waals surface area contributed by atoms with Crippen molar-refractivity contribution in [3.05, 3.63) is 30.1 Å². The van der Waals surface area contributed by atoms with Gasteiger partial charge >= 0.3 is 0 Å². The molecule has 1 aromatic rings. The third kappa shape index (κ3) is 4.53. The summed E-state index contributed by atoms with van der Waals surface area (Å²) in [6.45, 7) is 4.02. The fraction of sp³-hybridized carbons (Fsp3) is 0.538. The Labute approximate surface area is 103 Å². The highest BCUT2D eigenvalue weighted by Gasteiger charge is 2.15. The molecule has 0 fully saturated rings. The minimum Gasteiger partial charge on any atom is -0.348 e. The van der Waals surface area contributed by atoms with Crippen LogP contribution in [0.5, 0.6) is 0 Å². The topological polar surface area (TPSA) is 68.0 Å². The number of nitrogens with two attached hydrogens (primary N) is 1. The van der Waals surface area contributed by atoms with Crippen LogP contribution in [0.1, 0.15) is 44.7 Å². The lowest BCUT2D eigenvalue weighted by Gasteiger charge is -2.17. The van der Waals surface area contributed by atoms with Crippen LogP contribution in [0.25, 0.3) is 0 Å². The lowest BCUT2D eigenvalue weighted by atomic mass is 10.1. The molecule has 0 saturated heterocycles. The van der Waals surface area contributed by atoms with Gasteiger partial charge in [0, 0.05) is 12.4 Å². The van der Waals surface area contributed by atoms with Gasteiger partial charge in [-0.1, -0.05) is 25.8 Å². The van der Waals surface area contributed by atoms with Gasteiger partial charge in [-0.3, -0.25) is 9.78 Å². The quantitative estimate of drug-likeness (QED) is 0.789. The summed E-state index contributed by atoms with van der Waals surface area (Å²) in [6.07, 6.45) is 6.24. The number of nitrogens with zero attached hydrogens (tertiary/aromatic N) is 1. The number of rotatable bonds is 6. The Balaban J connectivity index is 2.46. The normalized spacial score (nSPS) is 14.1. The first-order chi connectivity index (χ1) is 8.15. The first-order valence-corrected chi connectivity index (χ1v) is 6.11. The molecule has 4 heteroatoms. The standard InChI is InChI=1S/C13H21N3O/c1-3-4-7-12(14)13(17)16-10(2)11-6-5-8-15-9-11/h5-6,8-10,12H,3-4,7,14H2,1-2H3,(H,16,17)/t10-,12?/m1/s1. The maximum absolute atomic E-state index is 11.8. The predicted molar refractivity (Wildman–Crippen MR) is 68.3 cm³/mol. The molecule has 2 atom stereocenters. The van der Waals surface area contributed by atoms with Crippen LogP contribution in [0.15, 0.2) is 24.5 Å². The molecule has 17 heavy (non-hydrogen) atoms. The first-order valence-electron chi connectivity index (χ1n) is 6.11. The molecule has 0 saturated carbocycles. The van der Waals surface area contributed by atoms with Crippen LogP contribution in [0.3, 0.4) is 0 Å². The maximum Gasteiger partial charge on any atom is 0.237 e. The lowest BCUT2D eigenvalue weighted by molar-refractivity contribution is -0.123. The van der Waals surface area contributed by atoms with E-state index in [2.05, 4.69) is 17.2 Å². The zero-order valence-corrected chi connectivity index (χ0v) is 10.5. The van der Waals surface area contributed by atoms with E-state index in [1.165, 1.54) is 0 Å². The molecule has 1 rings (SSSR count). The first kappa shape index (κ1) is 13.6. The van der Waals surface area contributed by atoms with Gasteiger partial charge in [-0.15, -0.1) is 0 Å². The lowest BCUT2D eigenvalue weighted by Crippen LogP contribution is -2.41. The van der Waals surface area contributed by atoms with E-state index < -0.39 is 6.04 Å². The Kier molecular flexibility index (Phi) is 5.63. The number of amides is 1. The Bertz CT molecular complexity index is 340. The minimum atomic E-state index is -0.408. The van der Waals surface area contributed by atoms with Gasteiger partial charge < -0.3 is 11.1 Å². The summed E-state index contributed by atoms with van der Waals surface area (Å²) in [5.74, 6) is -0.0881. The molecule has 1 aromatic heterocycles. The van der Waals surface area contributed by atoms with Crippen molar-refractivity contribution in [1.82, 2.24) is 10.3 Å². The molecule has 1 unspecified atom stereocenters. The highest BCUT2D eigenvalue weighted by atomic mass is 16.2. The fourth-order valence-electron chi connectivity index (χ4n) is 1.59. The highest BCUT2D eigenvalue weighted by Crippen LogP contribution is 2.10. The largest absolute Gasteiger partial charge is 0.348 e. The number of pyridine rings is 1. The smallest absolute Gasteiger partial charge is 0.237 e. The molecule has 1 heterocycles. The number of carbonyl (C=O) groups excluding carboxylic acids is 1. The monoisotopic (exact) mass is 235 g/mol. The van der Waals surface area contributed by atoms with Gasteiger partial charge in [0.15, 0.2) is 0 Å². The molecule has 94 valence electrons. The van der Waals surface area contributed by atoms with Crippen LogP contribution in [0.4, 0.5) is 0 Å². The molecule has 0 aliphatic rings. The maximum atomic E-state index is 11.8. The third-order valence-electron chi connectivity index (χ3n) is 2.75. The molecule has 4 nitrogen and oxygen atoms in total. The van der Waals surface area contributed by atoms with E-state index in [-0.39, 0.29) is 11.9 Å². The summed E-state index contributed by atoms with van der Waals surface area (Å²) in [4.78, 5) is 15.8. The average molecular weight is 235 g/mol. The van der Waals surface area contributed by atoms with Gasteiger partial charge in [-0.2, -0.15) is 0 Å². The van der Waals surface area contributed by atoms with E-state index in [1.54, 1.807) is 12.4 Å². The van der Waals surface area contributed by atoms with Crippen molar-refractivity contribution in [3.8, 4) is 0 Å². The van der Waals surface area contributed by atoms with E-state index in [4.69, 9.17) is 5.73 Å². The number of hydrogen-bond donors (Lipinski definition) is 2. The number of hydrogen-bond acceptors (Lipinski definition) is 3. The van der Waals surface area contributed by atoms with Crippen molar-refractivity contribution in [1.29, 1.82) is 0 Å². The van der Waals surface area contributed by atoms with Gasteiger partial charge in [-0.05, 0) is 25.0 Å². The summed E-state index contributed by atoms with van der Waals surface area (Å²) in [5.41, 5.74) is 6.79. The van der Waals surface area contributed by atoms with Crippen LogP contribution >= 0.6 is 0 Å². The Morgan fingerprint density at radius 3 is 2.94 bits per heavy atom. The molecule has 0 bridgehead atoms. The summed E-state index contributed by atoms with van der Waals surface area (Å²) in [7, 11) is 0. The van der Waals surface area contributed by atoms with Crippen molar-refractivity contribution in [2.75, 3.05) is 0 Å². The summed E-state index contributed by atoms with van der Waals surface area (Å²) < 4.78 is 0. The Morgan fingerprint density at radius 1 is 1.59 bits per heavy atom. The molecule has 0 spiro atoms. The van der Waals surface area contributed by atoms with Crippen LogP contribution in [0.2, 0.25) is 0 Å². The van der Waals surface area contributed by atoms with E-state index in [0.29, 0.717) is 0 Å². The molecule has 0 aliphatic carbocycles. The number of aromatic nitrogens is 1. The zero-order chi connectivity index (χ0) is 12.7. The molecular weight excluding hydrogens is 214 g/mol. The fourth-order valence-corrected chi connectivity index (χ4v) is 1.59. The molecular formula is C13H21N3O. The number of nitrogens with one attached hydrogen (secondary N) is 1. The van der Waals surface area contributed by atoms with Gasteiger partial charge in [0.2, 0.25) is 5.91 Å². The van der Waals surface area contributed by atoms with Crippen molar-refractivity contribution in [3.63, 3.8) is 0 Å². The van der Waals surface area contributed by atoms with Crippen LogP contribution < -0.4 is 11.1 Å². The van der Waals surface area contributed by atoms with E-state index in [1.807, 2.05) is 19.1 Å². The second-order valence-electron chi connectivity index (χ2n) is 4.27. The van der Waals surface area contributed by atoms with E-state index in [0.717, 1.165) is 24.8 Å². The second-order valence-corrected chi connectivity index (χ2v) is 4.27. The summed E-state index contributed by atoms with van der Waals surface area (Å²) in [5, 5.41) is 2.90. The third-order valence-corrected chi connectivity index (χ3v) is 2.75. The zero-order valence-electron chi connectivity index (χ0n) is 10.5. The molecule has 0 aliphatic heterocycles. The molecule has 0 aromatic carbocycles. The molecule has 0 radical (unpaired) electrons. The minimum absolute atomic E-state index is 0.0520. The van der Waals surface area contributed by atoms with Gasteiger partial charge in [0.1, 0.15) is 0 Å². The molecule has 3 N–H and O–H groups in total. The van der Waals surface area contributed by atoms with Crippen molar-refractivity contribution in [2.45, 2.75) is 45.2 Å². The predicted octanol–water partition coefficient (Wildman–Crippen LogP) is 1.78. The molecule has 1 amide bonds. The van der Waals surface area contributed by atoms with E-state index >= 15 is 0 Å². The highest BCUT2D eigenvalue weighted by molar-refractivity contribution is 5.81. The average Bonchev–Trinajstić information content (AvgIpc) is 2.36. The Hall–Kier alpha value is -1.42.